The highest BCUT2D eigenvalue weighted by atomic mass is 19.1. The van der Waals surface area contributed by atoms with Crippen molar-refractivity contribution in [2.45, 2.75) is 31.8 Å². The van der Waals surface area contributed by atoms with E-state index in [-0.39, 0.29) is 24.4 Å². The Morgan fingerprint density at radius 2 is 1.71 bits per heavy atom. The monoisotopic (exact) mass is 663 g/mol. The van der Waals surface area contributed by atoms with E-state index in [9.17, 15) is 18.4 Å². The number of para-hydroxylation sites is 1. The molecule has 8 rings (SSSR count). The first-order valence-electron chi connectivity index (χ1n) is 16.6. The van der Waals surface area contributed by atoms with Gasteiger partial charge in [-0.3, -0.25) is 19.9 Å². The number of carbonyl (C=O) groups excluding carboxylic acids is 2. The minimum atomic E-state index is -0.586. The molecular weight excluding hydrogens is 628 g/mol. The van der Waals surface area contributed by atoms with Gasteiger partial charge in [-0.2, -0.15) is 5.10 Å². The molecular formula is C36H35F2N9O2. The van der Waals surface area contributed by atoms with Crippen molar-refractivity contribution < 1.29 is 18.4 Å². The van der Waals surface area contributed by atoms with E-state index in [1.807, 2.05) is 54.7 Å². The zero-order valence-electron chi connectivity index (χ0n) is 26.8. The fourth-order valence-corrected chi connectivity index (χ4v) is 7.16. The van der Waals surface area contributed by atoms with Gasteiger partial charge in [0.25, 0.3) is 0 Å². The third kappa shape index (κ3) is 6.06. The number of piperazine rings is 1. The van der Waals surface area contributed by atoms with Gasteiger partial charge in [0.1, 0.15) is 23.3 Å². The van der Waals surface area contributed by atoms with Crippen molar-refractivity contribution in [3.63, 3.8) is 0 Å². The molecule has 0 radical (unpaired) electrons. The lowest BCUT2D eigenvalue weighted by molar-refractivity contribution is -0.120. The van der Waals surface area contributed by atoms with E-state index in [1.165, 1.54) is 12.1 Å². The van der Waals surface area contributed by atoms with Crippen molar-refractivity contribution in [1.29, 1.82) is 0 Å². The molecule has 13 heteroatoms. The first-order chi connectivity index (χ1) is 23.9. The van der Waals surface area contributed by atoms with Crippen molar-refractivity contribution >= 4 is 34.9 Å². The van der Waals surface area contributed by atoms with Crippen LogP contribution >= 0.6 is 0 Å². The molecule has 1 atom stereocenters. The highest BCUT2D eigenvalue weighted by Gasteiger charge is 2.30. The summed E-state index contributed by atoms with van der Waals surface area (Å²) in [5.74, 6) is 0.210. The average Bonchev–Trinajstić information content (AvgIpc) is 3.77. The number of fused-ring (bicyclic) bond motifs is 1. The number of amides is 3. The Labute approximate surface area is 281 Å². The van der Waals surface area contributed by atoms with Crippen LogP contribution in [-0.4, -0.2) is 75.7 Å². The van der Waals surface area contributed by atoms with Gasteiger partial charge < -0.3 is 9.80 Å². The summed E-state index contributed by atoms with van der Waals surface area (Å²) in [6, 6.07) is 18.9. The molecule has 0 saturated carbocycles. The maximum Gasteiger partial charge on any atom is 0.328 e. The van der Waals surface area contributed by atoms with Gasteiger partial charge in [-0.05, 0) is 48.7 Å². The Morgan fingerprint density at radius 1 is 0.857 bits per heavy atom. The lowest BCUT2D eigenvalue weighted by Gasteiger charge is -2.36. The number of urea groups is 1. The van der Waals surface area contributed by atoms with E-state index < -0.39 is 11.6 Å². The second-order valence-corrected chi connectivity index (χ2v) is 12.7. The summed E-state index contributed by atoms with van der Waals surface area (Å²) >= 11 is 0. The lowest BCUT2D eigenvalue weighted by Crippen LogP contribution is -2.50. The molecule has 11 nitrogen and oxygen atoms in total. The van der Waals surface area contributed by atoms with Crippen LogP contribution in [0.4, 0.5) is 30.9 Å². The second kappa shape index (κ2) is 12.9. The average molecular weight is 664 g/mol. The molecule has 3 saturated heterocycles. The van der Waals surface area contributed by atoms with Gasteiger partial charge in [-0.1, -0.05) is 30.3 Å². The smallest absolute Gasteiger partial charge is 0.328 e. The molecule has 0 bridgehead atoms. The van der Waals surface area contributed by atoms with Gasteiger partial charge in [0, 0.05) is 75.7 Å². The van der Waals surface area contributed by atoms with Crippen LogP contribution in [0.15, 0.2) is 79.1 Å². The maximum atomic E-state index is 14.8. The predicted molar refractivity (Wildman–Crippen MR) is 181 cm³/mol. The largest absolute Gasteiger partial charge is 0.354 e. The summed E-state index contributed by atoms with van der Waals surface area (Å²) in [6.07, 6.45) is 5.54. The first-order valence-corrected chi connectivity index (χ1v) is 16.6. The summed E-state index contributed by atoms with van der Waals surface area (Å²) in [5, 5.41) is 6.95. The van der Waals surface area contributed by atoms with E-state index in [0.29, 0.717) is 36.7 Å². The molecule has 250 valence electrons. The maximum absolute atomic E-state index is 14.8. The van der Waals surface area contributed by atoms with Crippen LogP contribution in [-0.2, 0) is 11.3 Å². The van der Waals surface area contributed by atoms with E-state index in [2.05, 4.69) is 25.1 Å². The van der Waals surface area contributed by atoms with E-state index in [0.717, 1.165) is 73.4 Å². The molecule has 3 aliphatic rings. The molecule has 2 aromatic carbocycles. The minimum Gasteiger partial charge on any atom is -0.354 e. The highest BCUT2D eigenvalue weighted by Crippen LogP contribution is 2.37. The molecule has 3 fully saturated rings. The lowest BCUT2D eigenvalue weighted by atomic mass is 10.0. The van der Waals surface area contributed by atoms with Gasteiger partial charge in [-0.15, -0.1) is 0 Å². The number of nitrogens with zero attached hydrogens (tertiary/aromatic N) is 8. The molecule has 0 unspecified atom stereocenters. The van der Waals surface area contributed by atoms with E-state index in [4.69, 9.17) is 9.97 Å². The fourth-order valence-electron chi connectivity index (χ4n) is 7.16. The number of imide groups is 1. The second-order valence-electron chi connectivity index (χ2n) is 12.7. The highest BCUT2D eigenvalue weighted by molar-refractivity contribution is 6.05. The van der Waals surface area contributed by atoms with Crippen LogP contribution in [0.1, 0.15) is 36.4 Å². The van der Waals surface area contributed by atoms with Crippen molar-refractivity contribution in [3.8, 4) is 11.3 Å². The number of benzene rings is 2. The number of nitrogens with one attached hydrogen (secondary N) is 1. The van der Waals surface area contributed by atoms with Gasteiger partial charge in [0.05, 0.1) is 23.5 Å². The van der Waals surface area contributed by atoms with Crippen molar-refractivity contribution in [3.05, 3.63) is 102 Å². The molecule has 49 heavy (non-hydrogen) atoms. The molecule has 5 aromatic rings. The van der Waals surface area contributed by atoms with Gasteiger partial charge in [0.15, 0.2) is 5.65 Å². The Balaban J connectivity index is 0.976. The van der Waals surface area contributed by atoms with Crippen LogP contribution in [0.2, 0.25) is 0 Å². The van der Waals surface area contributed by atoms with Crippen LogP contribution in [0, 0.1) is 11.6 Å². The Bertz CT molecular complexity index is 2040. The Kier molecular flexibility index (Phi) is 8.12. The molecule has 3 amide bonds. The van der Waals surface area contributed by atoms with Crippen LogP contribution < -0.4 is 20.0 Å². The summed E-state index contributed by atoms with van der Waals surface area (Å²) in [4.78, 5) is 42.6. The van der Waals surface area contributed by atoms with Gasteiger partial charge in [0.2, 0.25) is 5.91 Å². The number of rotatable bonds is 7. The number of hydrogen-bond acceptors (Lipinski definition) is 8. The van der Waals surface area contributed by atoms with Gasteiger partial charge in [-0.25, -0.2) is 28.1 Å². The molecule has 0 spiro atoms. The third-order valence-corrected chi connectivity index (χ3v) is 9.66. The Morgan fingerprint density at radius 3 is 2.55 bits per heavy atom. The van der Waals surface area contributed by atoms with Crippen molar-refractivity contribution in [1.82, 2.24) is 29.8 Å². The van der Waals surface area contributed by atoms with Gasteiger partial charge >= 0.3 is 6.03 Å². The van der Waals surface area contributed by atoms with Crippen LogP contribution in [0.5, 0.6) is 0 Å². The SMILES string of the molecule is O=C1CCN(c2ccccc2CN2CCN(c3cccc(-c4cnn5ccc(N6CCC[C@@H]6c6ccc(F)cc6F)nc45)n3)CC2)C(=O)N1. The summed E-state index contributed by atoms with van der Waals surface area (Å²) in [5.41, 5.74) is 4.56. The summed E-state index contributed by atoms with van der Waals surface area (Å²) in [7, 11) is 0. The fraction of sp³-hybridized carbons (Fsp3) is 0.306. The number of hydrogen-bond donors (Lipinski definition) is 1. The molecule has 1 N–H and O–H groups in total. The first kappa shape index (κ1) is 30.9. The molecule has 6 heterocycles. The number of anilines is 3. The summed E-state index contributed by atoms with van der Waals surface area (Å²) in [6.45, 7) is 4.98. The third-order valence-electron chi connectivity index (χ3n) is 9.66. The number of carbonyl (C=O) groups is 2. The zero-order chi connectivity index (χ0) is 33.5. The van der Waals surface area contributed by atoms with E-state index in [1.54, 1.807) is 15.6 Å². The summed E-state index contributed by atoms with van der Waals surface area (Å²) < 4.78 is 30.1. The van der Waals surface area contributed by atoms with Crippen molar-refractivity contribution in [2.24, 2.45) is 0 Å². The molecule has 3 aromatic heterocycles. The minimum absolute atomic E-state index is 0.231. The standard InChI is InChI=1S/C36H35F2N9O2/c37-25-10-11-26(28(38)21-25)31-8-4-14-45(31)33-12-16-47-35(41-33)27(22-39-47)29-6-3-9-32(40-29)44-19-17-43(18-20-44)23-24-5-1-2-7-30(24)46-15-13-34(48)42-36(46)49/h1-3,5-7,9-12,16,21-22,31H,4,8,13-15,17-20,23H2,(H,42,48,49)/t31-/m1/s1. The topological polar surface area (TPSA) is 102 Å². The molecule has 0 aliphatic carbocycles. The quantitative estimate of drug-likeness (QED) is 0.254. The van der Waals surface area contributed by atoms with E-state index >= 15 is 0 Å². The number of halogens is 2. The predicted octanol–water partition coefficient (Wildman–Crippen LogP) is 5.18. The number of aromatic nitrogens is 4. The van der Waals surface area contributed by atoms with Crippen molar-refractivity contribution in [2.75, 3.05) is 54.0 Å². The zero-order valence-corrected chi connectivity index (χ0v) is 26.8. The van der Waals surface area contributed by atoms with Crippen LogP contribution in [0.3, 0.4) is 0 Å². The number of pyridine rings is 1. The van der Waals surface area contributed by atoms with Crippen LogP contribution in [0.25, 0.3) is 16.9 Å². The normalized spacial score (nSPS) is 18.8. The Hall–Kier alpha value is -5.43. The molecule has 3 aliphatic heterocycles.